The molecule has 0 aromatic carbocycles. The molecule has 98 valence electrons. The summed E-state index contributed by atoms with van der Waals surface area (Å²) in [4.78, 5) is 8.61. The minimum atomic E-state index is -0.00134. The molecule has 6 heteroatoms. The fourth-order valence-corrected chi connectivity index (χ4v) is 2.36. The van der Waals surface area contributed by atoms with E-state index < -0.39 is 0 Å². The number of nitriles is 2. The summed E-state index contributed by atoms with van der Waals surface area (Å²) in [6.45, 7) is 3.81. The van der Waals surface area contributed by atoms with Crippen LogP contribution in [0.25, 0.3) is 6.08 Å². The van der Waals surface area contributed by atoms with Crippen molar-refractivity contribution in [1.29, 1.82) is 10.5 Å². The van der Waals surface area contributed by atoms with E-state index in [0.717, 1.165) is 11.4 Å². The Balaban J connectivity index is 2.20. The molecule has 5 nitrogen and oxygen atoms in total. The first-order valence-electron chi connectivity index (χ1n) is 5.72. The molecule has 0 saturated heterocycles. The third-order valence-electron chi connectivity index (χ3n) is 2.28. The lowest BCUT2D eigenvalue weighted by molar-refractivity contribution is 0.465. The van der Waals surface area contributed by atoms with Crippen molar-refractivity contribution in [3.05, 3.63) is 40.9 Å². The van der Waals surface area contributed by atoms with E-state index in [1.54, 1.807) is 24.3 Å². The Hall–Kier alpha value is -2.57. The van der Waals surface area contributed by atoms with Crippen LogP contribution in [0.3, 0.4) is 0 Å². The molecule has 2 heterocycles. The highest BCUT2D eigenvalue weighted by Gasteiger charge is 2.07. The van der Waals surface area contributed by atoms with Crippen molar-refractivity contribution in [2.24, 2.45) is 0 Å². The molecule has 0 radical (unpaired) electrons. The van der Waals surface area contributed by atoms with E-state index in [-0.39, 0.29) is 5.57 Å². The zero-order chi connectivity index (χ0) is 14.5. The fourth-order valence-electron chi connectivity index (χ4n) is 1.53. The number of hydrogen-bond donors (Lipinski definition) is 0. The summed E-state index contributed by atoms with van der Waals surface area (Å²) in [6.07, 6.45) is 1.40. The lowest BCUT2D eigenvalue weighted by Crippen LogP contribution is -1.91. The maximum absolute atomic E-state index is 8.68. The molecule has 0 saturated carbocycles. The van der Waals surface area contributed by atoms with Crippen LogP contribution in [-0.2, 0) is 0 Å². The number of allylic oxidation sites excluding steroid dienone is 1. The number of nitrogens with zero attached hydrogens (tertiary/aromatic N) is 4. The van der Waals surface area contributed by atoms with E-state index in [9.17, 15) is 0 Å². The SMILES string of the molecule is Cc1cc(C)nc(Sc2ccc(C=C(C#N)C#N)o2)n1. The fraction of sp³-hybridized carbons (Fsp3) is 0.143. The predicted octanol–water partition coefficient (Wildman–Crippen LogP) is 3.27. The molecule has 0 aliphatic carbocycles. The molecular weight excluding hydrogens is 272 g/mol. The molecule has 0 fully saturated rings. The van der Waals surface area contributed by atoms with Crippen molar-refractivity contribution < 1.29 is 4.42 Å². The van der Waals surface area contributed by atoms with Crippen LogP contribution in [0.5, 0.6) is 0 Å². The van der Waals surface area contributed by atoms with Gasteiger partial charge in [-0.3, -0.25) is 0 Å². The molecule has 2 rings (SSSR count). The largest absolute Gasteiger partial charge is 0.450 e. The van der Waals surface area contributed by atoms with Crippen molar-refractivity contribution in [2.45, 2.75) is 24.1 Å². The van der Waals surface area contributed by atoms with Gasteiger partial charge in [-0.25, -0.2) is 9.97 Å². The van der Waals surface area contributed by atoms with Crippen molar-refractivity contribution in [1.82, 2.24) is 9.97 Å². The van der Waals surface area contributed by atoms with Crippen molar-refractivity contribution in [3.63, 3.8) is 0 Å². The Kier molecular flexibility index (Phi) is 4.19. The quantitative estimate of drug-likeness (QED) is 0.634. The molecule has 0 bridgehead atoms. The smallest absolute Gasteiger partial charge is 0.195 e. The summed E-state index contributed by atoms with van der Waals surface area (Å²) in [5.41, 5.74) is 1.78. The second kappa shape index (κ2) is 6.05. The van der Waals surface area contributed by atoms with Crippen molar-refractivity contribution >= 4 is 17.8 Å². The minimum Gasteiger partial charge on any atom is -0.450 e. The first kappa shape index (κ1) is 13.9. The second-order valence-corrected chi connectivity index (χ2v) is 4.95. The second-order valence-electron chi connectivity index (χ2n) is 3.97. The van der Waals surface area contributed by atoms with Gasteiger partial charge in [0.1, 0.15) is 23.5 Å². The number of aryl methyl sites for hydroxylation is 2. The van der Waals surface area contributed by atoms with Crippen LogP contribution in [0.15, 0.2) is 38.4 Å². The lowest BCUT2D eigenvalue weighted by Gasteiger charge is -2.00. The molecule has 20 heavy (non-hydrogen) atoms. The summed E-state index contributed by atoms with van der Waals surface area (Å²) in [5.74, 6) is 0.454. The first-order valence-corrected chi connectivity index (χ1v) is 6.54. The van der Waals surface area contributed by atoms with Crippen molar-refractivity contribution in [3.8, 4) is 12.1 Å². The maximum Gasteiger partial charge on any atom is 0.195 e. The number of rotatable bonds is 3. The topological polar surface area (TPSA) is 86.5 Å². The van der Waals surface area contributed by atoms with Gasteiger partial charge in [0.05, 0.1) is 0 Å². The van der Waals surface area contributed by atoms with Gasteiger partial charge in [-0.1, -0.05) is 0 Å². The van der Waals surface area contributed by atoms with Crippen LogP contribution in [0.1, 0.15) is 17.1 Å². The Morgan fingerprint density at radius 3 is 2.45 bits per heavy atom. The number of furan rings is 1. The highest BCUT2D eigenvalue weighted by Crippen LogP contribution is 2.27. The first-order chi connectivity index (χ1) is 9.60. The van der Waals surface area contributed by atoms with Gasteiger partial charge in [-0.2, -0.15) is 10.5 Å². The van der Waals surface area contributed by atoms with E-state index >= 15 is 0 Å². The monoisotopic (exact) mass is 282 g/mol. The summed E-state index contributed by atoms with van der Waals surface area (Å²) in [5, 5.41) is 18.6. The minimum absolute atomic E-state index is 0.00134. The van der Waals surface area contributed by atoms with Gasteiger partial charge < -0.3 is 4.42 Å². The van der Waals surface area contributed by atoms with E-state index in [4.69, 9.17) is 14.9 Å². The Morgan fingerprint density at radius 2 is 1.85 bits per heavy atom. The highest BCUT2D eigenvalue weighted by atomic mass is 32.2. The summed E-state index contributed by atoms with van der Waals surface area (Å²) >= 11 is 1.30. The van der Waals surface area contributed by atoms with Gasteiger partial charge in [-0.05, 0) is 43.8 Å². The van der Waals surface area contributed by atoms with Gasteiger partial charge in [-0.15, -0.1) is 0 Å². The van der Waals surface area contributed by atoms with Crippen LogP contribution in [0.4, 0.5) is 0 Å². The Labute approximate surface area is 120 Å². The molecule has 0 N–H and O–H groups in total. The van der Waals surface area contributed by atoms with E-state index in [2.05, 4.69) is 9.97 Å². The molecular formula is C14H10N4OS. The number of hydrogen-bond acceptors (Lipinski definition) is 6. The molecule has 0 spiro atoms. The van der Waals surface area contributed by atoms with Gasteiger partial charge in [0, 0.05) is 17.5 Å². The molecule has 0 atom stereocenters. The van der Waals surface area contributed by atoms with Gasteiger partial charge >= 0.3 is 0 Å². The molecule has 0 aliphatic rings. The normalized spacial score (nSPS) is 9.60. The van der Waals surface area contributed by atoms with Crippen LogP contribution >= 0.6 is 11.8 Å². The van der Waals surface area contributed by atoms with E-state index in [0.29, 0.717) is 16.0 Å². The standard InChI is InChI=1S/C14H10N4OS/c1-9-5-10(2)18-14(17-9)20-13-4-3-12(19-13)6-11(7-15)8-16/h3-6H,1-2H3. The Bertz CT molecular complexity index is 713. The molecule has 0 amide bonds. The molecule has 0 aliphatic heterocycles. The van der Waals surface area contributed by atoms with E-state index in [1.807, 2.05) is 19.9 Å². The van der Waals surface area contributed by atoms with Crippen LogP contribution < -0.4 is 0 Å². The summed E-state index contributed by atoms with van der Waals surface area (Å²) in [6, 6.07) is 8.91. The molecule has 2 aromatic heterocycles. The lowest BCUT2D eigenvalue weighted by atomic mass is 10.3. The predicted molar refractivity (Wildman–Crippen MR) is 73.5 cm³/mol. The highest BCUT2D eigenvalue weighted by molar-refractivity contribution is 7.99. The average molecular weight is 282 g/mol. The molecule has 0 unspecified atom stereocenters. The van der Waals surface area contributed by atoms with Crippen LogP contribution in [-0.4, -0.2) is 9.97 Å². The van der Waals surface area contributed by atoms with Crippen LogP contribution in [0, 0.1) is 36.5 Å². The zero-order valence-electron chi connectivity index (χ0n) is 10.9. The zero-order valence-corrected chi connectivity index (χ0v) is 11.7. The third kappa shape index (κ3) is 3.47. The van der Waals surface area contributed by atoms with Crippen LogP contribution in [0.2, 0.25) is 0 Å². The van der Waals surface area contributed by atoms with Gasteiger partial charge in [0.15, 0.2) is 10.2 Å². The summed E-state index contributed by atoms with van der Waals surface area (Å²) in [7, 11) is 0. The van der Waals surface area contributed by atoms with E-state index in [1.165, 1.54) is 17.8 Å². The van der Waals surface area contributed by atoms with Gasteiger partial charge in [0.25, 0.3) is 0 Å². The third-order valence-corrected chi connectivity index (χ3v) is 3.07. The number of aromatic nitrogens is 2. The summed E-state index contributed by atoms with van der Waals surface area (Å²) < 4.78 is 5.51. The maximum atomic E-state index is 8.68. The van der Waals surface area contributed by atoms with Crippen molar-refractivity contribution in [2.75, 3.05) is 0 Å². The Morgan fingerprint density at radius 1 is 1.20 bits per heavy atom. The molecule has 2 aromatic rings. The average Bonchev–Trinajstić information content (AvgIpc) is 2.82. The van der Waals surface area contributed by atoms with Gasteiger partial charge in [0.2, 0.25) is 0 Å².